The lowest BCUT2D eigenvalue weighted by Gasteiger charge is -2.25. The van der Waals surface area contributed by atoms with Crippen LogP contribution in [0.25, 0.3) is 0 Å². The van der Waals surface area contributed by atoms with Crippen LogP contribution in [0.5, 0.6) is 0 Å². The average molecular weight is 291 g/mol. The summed E-state index contributed by atoms with van der Waals surface area (Å²) in [5.41, 5.74) is 1.24. The predicted octanol–water partition coefficient (Wildman–Crippen LogP) is 2.83. The molecular weight excluding hydrogens is 262 g/mol. The van der Waals surface area contributed by atoms with E-state index in [0.717, 1.165) is 38.6 Å². The van der Waals surface area contributed by atoms with E-state index in [1.165, 1.54) is 18.4 Å². The maximum atomic E-state index is 5.73. The van der Waals surface area contributed by atoms with Crippen LogP contribution < -0.4 is 10.2 Å². The number of nitrogens with one attached hydrogen (secondary N) is 1. The molecule has 1 unspecified atom stereocenters. The number of nitrogens with zero attached hydrogens (tertiary/aromatic N) is 2. The molecule has 1 aromatic heterocycles. The highest BCUT2D eigenvalue weighted by atomic mass is 16.5. The number of likely N-dealkylation sites (N-methyl/N-ethyl adjacent to an activating group) is 1. The van der Waals surface area contributed by atoms with Crippen LogP contribution in [0.2, 0.25) is 0 Å². The van der Waals surface area contributed by atoms with Gasteiger partial charge in [0.25, 0.3) is 0 Å². The third-order valence-corrected chi connectivity index (χ3v) is 3.84. The lowest BCUT2D eigenvalue weighted by atomic mass is 10.2. The topological polar surface area (TPSA) is 37.4 Å². The van der Waals surface area contributed by atoms with Crippen molar-refractivity contribution in [2.24, 2.45) is 5.92 Å². The molecule has 0 aliphatic carbocycles. The zero-order valence-corrected chi connectivity index (χ0v) is 13.6. The first-order chi connectivity index (χ1) is 10.2. The lowest BCUT2D eigenvalue weighted by molar-refractivity contribution is 0.115. The Morgan fingerprint density at radius 3 is 2.86 bits per heavy atom. The maximum absolute atomic E-state index is 5.73. The number of ether oxygens (including phenoxy) is 1. The molecule has 1 aliphatic heterocycles. The van der Waals surface area contributed by atoms with Crippen molar-refractivity contribution in [2.75, 3.05) is 31.1 Å². The van der Waals surface area contributed by atoms with Crippen molar-refractivity contribution in [3.63, 3.8) is 0 Å². The molecule has 1 atom stereocenters. The first-order valence-electron chi connectivity index (χ1n) is 8.21. The molecule has 1 aliphatic rings. The number of hydrogen-bond donors (Lipinski definition) is 1. The SMILES string of the molecule is CCN(CC1CCCO1)c1ccc(CNCC(C)C)cn1. The Labute approximate surface area is 128 Å². The van der Waals surface area contributed by atoms with Crippen LogP contribution in [0.1, 0.15) is 39.2 Å². The van der Waals surface area contributed by atoms with Crippen molar-refractivity contribution in [3.05, 3.63) is 23.9 Å². The monoisotopic (exact) mass is 291 g/mol. The number of rotatable bonds is 8. The Morgan fingerprint density at radius 2 is 2.29 bits per heavy atom. The van der Waals surface area contributed by atoms with Crippen LogP contribution in [0.4, 0.5) is 5.82 Å². The lowest BCUT2D eigenvalue weighted by Crippen LogP contribution is -2.32. The zero-order chi connectivity index (χ0) is 15.1. The minimum absolute atomic E-state index is 0.374. The highest BCUT2D eigenvalue weighted by Gasteiger charge is 2.19. The summed E-state index contributed by atoms with van der Waals surface area (Å²) < 4.78 is 5.73. The molecule has 2 heterocycles. The van der Waals surface area contributed by atoms with Crippen LogP contribution >= 0.6 is 0 Å². The van der Waals surface area contributed by atoms with E-state index in [0.29, 0.717) is 12.0 Å². The summed E-state index contributed by atoms with van der Waals surface area (Å²) in [4.78, 5) is 6.93. The first kappa shape index (κ1) is 16.2. The quantitative estimate of drug-likeness (QED) is 0.799. The third kappa shape index (κ3) is 5.29. The molecule has 1 saturated heterocycles. The minimum atomic E-state index is 0.374. The van der Waals surface area contributed by atoms with Crippen LogP contribution in [-0.2, 0) is 11.3 Å². The van der Waals surface area contributed by atoms with Crippen LogP contribution in [0, 0.1) is 5.92 Å². The summed E-state index contributed by atoms with van der Waals surface area (Å²) in [6.07, 6.45) is 4.73. The largest absolute Gasteiger partial charge is 0.376 e. The maximum Gasteiger partial charge on any atom is 0.128 e. The fourth-order valence-electron chi connectivity index (χ4n) is 2.63. The van der Waals surface area contributed by atoms with E-state index in [-0.39, 0.29) is 0 Å². The Bertz CT molecular complexity index is 399. The second kappa shape index (κ2) is 8.35. The van der Waals surface area contributed by atoms with Crippen molar-refractivity contribution in [1.29, 1.82) is 0 Å². The van der Waals surface area contributed by atoms with Gasteiger partial charge in [0.15, 0.2) is 0 Å². The second-order valence-corrected chi connectivity index (χ2v) is 6.22. The van der Waals surface area contributed by atoms with Gasteiger partial charge in [-0.05, 0) is 43.9 Å². The standard InChI is InChI=1S/C17H29N3O/c1-4-20(13-16-6-5-9-21-16)17-8-7-15(12-19-17)11-18-10-14(2)3/h7-8,12,14,16,18H,4-6,9-11,13H2,1-3H3. The Hall–Kier alpha value is -1.13. The molecule has 1 aromatic rings. The predicted molar refractivity (Wildman–Crippen MR) is 87.6 cm³/mol. The normalized spacial score (nSPS) is 18.4. The molecule has 118 valence electrons. The van der Waals surface area contributed by atoms with Gasteiger partial charge in [-0.1, -0.05) is 19.9 Å². The van der Waals surface area contributed by atoms with Gasteiger partial charge in [-0.15, -0.1) is 0 Å². The molecule has 0 amide bonds. The fourth-order valence-corrected chi connectivity index (χ4v) is 2.63. The van der Waals surface area contributed by atoms with Gasteiger partial charge < -0.3 is 15.0 Å². The van der Waals surface area contributed by atoms with Gasteiger partial charge in [0.2, 0.25) is 0 Å². The highest BCUT2D eigenvalue weighted by molar-refractivity contribution is 5.39. The smallest absolute Gasteiger partial charge is 0.128 e. The summed E-state index contributed by atoms with van der Waals surface area (Å²) in [5, 5.41) is 3.45. The van der Waals surface area contributed by atoms with Crippen molar-refractivity contribution in [1.82, 2.24) is 10.3 Å². The summed E-state index contributed by atoms with van der Waals surface area (Å²) >= 11 is 0. The average Bonchev–Trinajstić information content (AvgIpc) is 2.98. The third-order valence-electron chi connectivity index (χ3n) is 3.84. The van der Waals surface area contributed by atoms with Crippen molar-refractivity contribution in [2.45, 2.75) is 46.3 Å². The molecule has 0 saturated carbocycles. The van der Waals surface area contributed by atoms with E-state index >= 15 is 0 Å². The van der Waals surface area contributed by atoms with Gasteiger partial charge in [-0.25, -0.2) is 4.98 Å². The minimum Gasteiger partial charge on any atom is -0.376 e. The van der Waals surface area contributed by atoms with Crippen molar-refractivity contribution in [3.8, 4) is 0 Å². The van der Waals surface area contributed by atoms with Gasteiger partial charge in [0.1, 0.15) is 5.82 Å². The highest BCUT2D eigenvalue weighted by Crippen LogP contribution is 2.17. The molecule has 4 heteroatoms. The van der Waals surface area contributed by atoms with Gasteiger partial charge in [-0.2, -0.15) is 0 Å². The summed E-state index contributed by atoms with van der Waals surface area (Å²) in [6.45, 7) is 11.4. The van der Waals surface area contributed by atoms with Gasteiger partial charge in [0.05, 0.1) is 6.10 Å². The van der Waals surface area contributed by atoms with E-state index in [4.69, 9.17) is 4.74 Å². The van der Waals surface area contributed by atoms with Crippen molar-refractivity contribution >= 4 is 5.82 Å². The molecule has 1 N–H and O–H groups in total. The zero-order valence-electron chi connectivity index (χ0n) is 13.6. The molecular formula is C17H29N3O. The molecule has 4 nitrogen and oxygen atoms in total. The molecule has 0 bridgehead atoms. The number of aromatic nitrogens is 1. The van der Waals surface area contributed by atoms with Gasteiger partial charge in [0, 0.05) is 32.4 Å². The van der Waals surface area contributed by atoms with Crippen LogP contribution in [0.15, 0.2) is 18.3 Å². The Morgan fingerprint density at radius 1 is 1.43 bits per heavy atom. The van der Waals surface area contributed by atoms with E-state index in [9.17, 15) is 0 Å². The molecule has 0 aromatic carbocycles. The molecule has 2 rings (SSSR count). The van der Waals surface area contributed by atoms with E-state index in [1.807, 2.05) is 6.20 Å². The first-order valence-corrected chi connectivity index (χ1v) is 8.21. The molecule has 21 heavy (non-hydrogen) atoms. The summed E-state index contributed by atoms with van der Waals surface area (Å²) in [6, 6.07) is 4.30. The van der Waals surface area contributed by atoms with Crippen molar-refractivity contribution < 1.29 is 4.74 Å². The number of pyridine rings is 1. The van der Waals surface area contributed by atoms with E-state index in [2.05, 4.69) is 48.1 Å². The van der Waals surface area contributed by atoms with Gasteiger partial charge in [-0.3, -0.25) is 0 Å². The van der Waals surface area contributed by atoms with E-state index in [1.54, 1.807) is 0 Å². The molecule has 0 spiro atoms. The molecule has 0 radical (unpaired) electrons. The van der Waals surface area contributed by atoms with Crippen LogP contribution in [-0.4, -0.2) is 37.3 Å². The number of hydrogen-bond acceptors (Lipinski definition) is 4. The summed E-state index contributed by atoms with van der Waals surface area (Å²) in [5.74, 6) is 1.74. The van der Waals surface area contributed by atoms with Gasteiger partial charge >= 0.3 is 0 Å². The Balaban J connectivity index is 1.86. The van der Waals surface area contributed by atoms with Crippen LogP contribution in [0.3, 0.4) is 0 Å². The van der Waals surface area contributed by atoms with E-state index < -0.39 is 0 Å². The fraction of sp³-hybridized carbons (Fsp3) is 0.706. The Kier molecular flexibility index (Phi) is 6.46. The molecule has 1 fully saturated rings. The summed E-state index contributed by atoms with van der Waals surface area (Å²) in [7, 11) is 0. The number of anilines is 1. The second-order valence-electron chi connectivity index (χ2n) is 6.22.